The summed E-state index contributed by atoms with van der Waals surface area (Å²) in [5, 5.41) is 11.1. The van der Waals surface area contributed by atoms with E-state index in [0.717, 1.165) is 10.2 Å². The molecule has 0 aliphatic heterocycles. The smallest absolute Gasteiger partial charge is 0.142 e. The van der Waals surface area contributed by atoms with Crippen LogP contribution in [0.2, 0.25) is 0 Å². The Balaban J connectivity index is 2.39. The number of benzene rings is 1. The molecule has 0 atom stereocenters. The minimum Gasteiger partial charge on any atom is -0.493 e. The number of hydrogen-bond acceptors (Lipinski definition) is 3. The Bertz CT molecular complexity index is 328. The maximum Gasteiger partial charge on any atom is 0.142 e. The first-order chi connectivity index (χ1) is 6.72. The summed E-state index contributed by atoms with van der Waals surface area (Å²) in [5.41, 5.74) is 5.28. The minimum absolute atomic E-state index is 0.167. The molecule has 0 bridgehead atoms. The molecule has 0 aromatic heterocycles. The van der Waals surface area contributed by atoms with Gasteiger partial charge in [-0.2, -0.15) is 0 Å². The van der Waals surface area contributed by atoms with Crippen molar-refractivity contribution in [1.82, 2.24) is 0 Å². The van der Waals surface area contributed by atoms with E-state index >= 15 is 0 Å². The van der Waals surface area contributed by atoms with E-state index in [2.05, 4.69) is 21.1 Å². The third kappa shape index (κ3) is 3.66. The number of amidine groups is 1. The normalized spacial score (nSPS) is 11.4. The highest BCUT2D eigenvalue weighted by atomic mass is 79.9. The summed E-state index contributed by atoms with van der Waals surface area (Å²) in [5.74, 6) is 0.921. The van der Waals surface area contributed by atoms with Crippen molar-refractivity contribution in [2.45, 2.75) is 6.42 Å². The lowest BCUT2D eigenvalue weighted by Gasteiger charge is -2.05. The molecule has 0 aliphatic rings. The van der Waals surface area contributed by atoms with Crippen LogP contribution in [0.4, 0.5) is 0 Å². The van der Waals surface area contributed by atoms with E-state index in [-0.39, 0.29) is 5.84 Å². The average Bonchev–Trinajstić information content (AvgIpc) is 2.17. The molecule has 3 N–H and O–H groups in total. The van der Waals surface area contributed by atoms with Gasteiger partial charge in [0.2, 0.25) is 0 Å². The second-order valence-electron chi connectivity index (χ2n) is 2.65. The van der Waals surface area contributed by atoms with Crippen LogP contribution in [-0.2, 0) is 0 Å². The van der Waals surface area contributed by atoms with Gasteiger partial charge in [-0.15, -0.1) is 0 Å². The van der Waals surface area contributed by atoms with Crippen molar-refractivity contribution >= 4 is 21.8 Å². The summed E-state index contributed by atoms with van der Waals surface area (Å²) in [7, 11) is 0. The van der Waals surface area contributed by atoms with Gasteiger partial charge in [0.25, 0.3) is 0 Å². The van der Waals surface area contributed by atoms with E-state index in [1.54, 1.807) is 0 Å². The molecule has 76 valence electrons. The van der Waals surface area contributed by atoms with E-state index in [9.17, 15) is 0 Å². The molecular weight excluding hydrogens is 248 g/mol. The molecule has 0 radical (unpaired) electrons. The van der Waals surface area contributed by atoms with Crippen LogP contribution in [0, 0.1) is 0 Å². The zero-order chi connectivity index (χ0) is 10.4. The zero-order valence-electron chi connectivity index (χ0n) is 7.48. The van der Waals surface area contributed by atoms with E-state index in [4.69, 9.17) is 15.7 Å². The molecule has 14 heavy (non-hydrogen) atoms. The van der Waals surface area contributed by atoms with Gasteiger partial charge < -0.3 is 15.7 Å². The molecule has 1 aromatic rings. The molecule has 0 spiro atoms. The van der Waals surface area contributed by atoms with Crippen LogP contribution in [0.1, 0.15) is 6.42 Å². The van der Waals surface area contributed by atoms with Crippen molar-refractivity contribution in [2.75, 3.05) is 6.61 Å². The Morgan fingerprint density at radius 1 is 1.57 bits per heavy atom. The number of halogens is 1. The SMILES string of the molecule is N/C(CCOc1cccc(Br)c1)=N\O. The molecule has 0 fully saturated rings. The molecule has 4 nitrogen and oxygen atoms in total. The second-order valence-corrected chi connectivity index (χ2v) is 3.56. The molecule has 0 saturated carbocycles. The maximum atomic E-state index is 8.28. The summed E-state index contributed by atoms with van der Waals surface area (Å²) in [4.78, 5) is 0. The van der Waals surface area contributed by atoms with E-state index < -0.39 is 0 Å². The second kappa shape index (κ2) is 5.49. The largest absolute Gasteiger partial charge is 0.493 e. The summed E-state index contributed by atoms with van der Waals surface area (Å²) in [6, 6.07) is 7.49. The Hall–Kier alpha value is -1.23. The molecule has 1 aromatic carbocycles. The highest BCUT2D eigenvalue weighted by Crippen LogP contribution is 2.17. The molecule has 0 saturated heterocycles. The van der Waals surface area contributed by atoms with Gasteiger partial charge in [0.05, 0.1) is 6.61 Å². The van der Waals surface area contributed by atoms with Crippen molar-refractivity contribution < 1.29 is 9.94 Å². The van der Waals surface area contributed by atoms with Crippen LogP contribution in [-0.4, -0.2) is 17.6 Å². The average molecular weight is 259 g/mol. The summed E-state index contributed by atoms with van der Waals surface area (Å²) in [6.45, 7) is 0.395. The monoisotopic (exact) mass is 258 g/mol. The van der Waals surface area contributed by atoms with Crippen LogP contribution in [0.5, 0.6) is 5.75 Å². The first-order valence-corrected chi connectivity index (χ1v) is 4.86. The first-order valence-electron chi connectivity index (χ1n) is 4.07. The number of rotatable bonds is 4. The molecule has 5 heteroatoms. The molecule has 0 unspecified atom stereocenters. The highest BCUT2D eigenvalue weighted by molar-refractivity contribution is 9.10. The summed E-state index contributed by atoms with van der Waals surface area (Å²) >= 11 is 3.33. The van der Waals surface area contributed by atoms with Crippen molar-refractivity contribution in [3.63, 3.8) is 0 Å². The number of nitrogens with zero attached hydrogens (tertiary/aromatic N) is 1. The molecule has 1 rings (SSSR count). The van der Waals surface area contributed by atoms with Crippen molar-refractivity contribution in [1.29, 1.82) is 0 Å². The van der Waals surface area contributed by atoms with Crippen molar-refractivity contribution in [2.24, 2.45) is 10.9 Å². The Kier molecular flexibility index (Phi) is 4.25. The predicted molar refractivity (Wildman–Crippen MR) is 57.7 cm³/mol. The van der Waals surface area contributed by atoms with Crippen LogP contribution < -0.4 is 10.5 Å². The number of ether oxygens (including phenoxy) is 1. The fourth-order valence-corrected chi connectivity index (χ4v) is 1.26. The lowest BCUT2D eigenvalue weighted by Crippen LogP contribution is -2.15. The molecule has 0 heterocycles. The van der Waals surface area contributed by atoms with Crippen molar-refractivity contribution in [3.05, 3.63) is 28.7 Å². The fourth-order valence-electron chi connectivity index (χ4n) is 0.880. The van der Waals surface area contributed by atoms with E-state index in [0.29, 0.717) is 13.0 Å². The number of nitrogens with two attached hydrogens (primary N) is 1. The van der Waals surface area contributed by atoms with E-state index in [1.165, 1.54) is 0 Å². The van der Waals surface area contributed by atoms with Gasteiger partial charge in [0, 0.05) is 10.9 Å². The first kappa shape index (κ1) is 10.8. The lowest BCUT2D eigenvalue weighted by molar-refractivity contribution is 0.305. The van der Waals surface area contributed by atoms with Gasteiger partial charge in [0.15, 0.2) is 0 Å². The van der Waals surface area contributed by atoms with Gasteiger partial charge in [-0.3, -0.25) is 0 Å². The van der Waals surface area contributed by atoms with Crippen LogP contribution in [0.25, 0.3) is 0 Å². The third-order valence-electron chi connectivity index (χ3n) is 1.55. The van der Waals surface area contributed by atoms with Crippen LogP contribution in [0.3, 0.4) is 0 Å². The van der Waals surface area contributed by atoms with Gasteiger partial charge in [-0.1, -0.05) is 27.2 Å². The fraction of sp³-hybridized carbons (Fsp3) is 0.222. The number of hydrogen-bond donors (Lipinski definition) is 2. The molecule has 0 aliphatic carbocycles. The van der Waals surface area contributed by atoms with Gasteiger partial charge in [-0.25, -0.2) is 0 Å². The lowest BCUT2D eigenvalue weighted by atomic mass is 10.3. The predicted octanol–water partition coefficient (Wildman–Crippen LogP) is 1.96. The Morgan fingerprint density at radius 2 is 2.36 bits per heavy atom. The van der Waals surface area contributed by atoms with Gasteiger partial charge >= 0.3 is 0 Å². The van der Waals surface area contributed by atoms with Crippen LogP contribution in [0.15, 0.2) is 33.9 Å². The highest BCUT2D eigenvalue weighted by Gasteiger charge is 1.96. The molecular formula is C9H11BrN2O2. The third-order valence-corrected chi connectivity index (χ3v) is 2.04. The van der Waals surface area contributed by atoms with Gasteiger partial charge in [0.1, 0.15) is 11.6 Å². The molecule has 0 amide bonds. The van der Waals surface area contributed by atoms with Crippen molar-refractivity contribution in [3.8, 4) is 5.75 Å². The van der Waals surface area contributed by atoms with E-state index in [1.807, 2.05) is 24.3 Å². The summed E-state index contributed by atoms with van der Waals surface area (Å²) < 4.78 is 6.31. The van der Waals surface area contributed by atoms with Crippen LogP contribution >= 0.6 is 15.9 Å². The summed E-state index contributed by atoms with van der Waals surface area (Å²) in [6.07, 6.45) is 0.406. The number of oxime groups is 1. The standard InChI is InChI=1S/C9H11BrN2O2/c10-7-2-1-3-8(6-7)14-5-4-9(11)12-13/h1-3,6,13H,4-5H2,(H2,11,12). The minimum atomic E-state index is 0.167. The Labute approximate surface area is 90.5 Å². The zero-order valence-corrected chi connectivity index (χ0v) is 9.07. The maximum absolute atomic E-state index is 8.28. The Morgan fingerprint density at radius 3 is 3.00 bits per heavy atom. The van der Waals surface area contributed by atoms with Gasteiger partial charge in [-0.05, 0) is 18.2 Å². The topological polar surface area (TPSA) is 67.8 Å². The quantitative estimate of drug-likeness (QED) is 0.376.